The van der Waals surface area contributed by atoms with Crippen LogP contribution in [0.2, 0.25) is 0 Å². The fourth-order valence-electron chi connectivity index (χ4n) is 4.04. The van der Waals surface area contributed by atoms with Crippen LogP contribution in [0.5, 0.6) is 0 Å². The number of rotatable bonds is 7. The quantitative estimate of drug-likeness (QED) is 0.436. The zero-order chi connectivity index (χ0) is 22.7. The van der Waals surface area contributed by atoms with Gasteiger partial charge in [-0.25, -0.2) is 0 Å². The van der Waals surface area contributed by atoms with E-state index in [-0.39, 0.29) is 24.1 Å². The molecule has 2 aliphatic rings. The van der Waals surface area contributed by atoms with Gasteiger partial charge in [-0.2, -0.15) is 0 Å². The van der Waals surface area contributed by atoms with Gasteiger partial charge in [0.15, 0.2) is 0 Å². The molecule has 3 N–H and O–H groups in total. The predicted octanol–water partition coefficient (Wildman–Crippen LogP) is 0.735. The van der Waals surface area contributed by atoms with Crippen LogP contribution < -0.4 is 16.0 Å². The van der Waals surface area contributed by atoms with Gasteiger partial charge in [0.2, 0.25) is 17.7 Å². The van der Waals surface area contributed by atoms with Crippen molar-refractivity contribution in [1.82, 2.24) is 25.8 Å². The van der Waals surface area contributed by atoms with Crippen molar-refractivity contribution >= 4 is 23.6 Å². The highest BCUT2D eigenvalue weighted by atomic mass is 16.2. The van der Waals surface area contributed by atoms with E-state index in [1.807, 2.05) is 24.3 Å². The summed E-state index contributed by atoms with van der Waals surface area (Å²) in [6.07, 6.45) is 2.32. The van der Waals surface area contributed by atoms with Crippen LogP contribution in [0.25, 0.3) is 11.3 Å². The van der Waals surface area contributed by atoms with E-state index in [9.17, 15) is 19.2 Å². The number of hydrogen-bond donors (Lipinski definition) is 3. The Kier molecular flexibility index (Phi) is 6.27. The minimum atomic E-state index is -0.624. The summed E-state index contributed by atoms with van der Waals surface area (Å²) in [4.78, 5) is 53.4. The smallest absolute Gasteiger partial charge is 0.255 e. The molecule has 4 rings (SSSR count). The molecule has 4 amide bonds. The van der Waals surface area contributed by atoms with Crippen LogP contribution in [0.15, 0.2) is 36.5 Å². The van der Waals surface area contributed by atoms with Gasteiger partial charge in [0, 0.05) is 56.8 Å². The number of aromatic nitrogens is 1. The van der Waals surface area contributed by atoms with Gasteiger partial charge in [0.1, 0.15) is 6.04 Å². The van der Waals surface area contributed by atoms with Crippen molar-refractivity contribution in [2.45, 2.75) is 38.9 Å². The fourth-order valence-corrected chi connectivity index (χ4v) is 4.04. The lowest BCUT2D eigenvalue weighted by Crippen LogP contribution is -2.52. The van der Waals surface area contributed by atoms with E-state index < -0.39 is 11.9 Å². The van der Waals surface area contributed by atoms with E-state index in [0.29, 0.717) is 38.2 Å². The van der Waals surface area contributed by atoms with Crippen molar-refractivity contribution in [1.29, 1.82) is 0 Å². The predicted molar refractivity (Wildman–Crippen MR) is 116 cm³/mol. The van der Waals surface area contributed by atoms with Gasteiger partial charge in [0.25, 0.3) is 5.91 Å². The number of carbonyl (C=O) groups excluding carboxylic acids is 4. The normalized spacial score (nSPS) is 17.8. The van der Waals surface area contributed by atoms with E-state index in [1.165, 1.54) is 6.92 Å². The number of hydrogen-bond acceptors (Lipinski definition) is 6. The third-order valence-electron chi connectivity index (χ3n) is 5.65. The number of imide groups is 1. The largest absolute Gasteiger partial charge is 0.355 e. The fraction of sp³-hybridized carbons (Fsp3) is 0.348. The Morgan fingerprint density at radius 3 is 2.81 bits per heavy atom. The van der Waals surface area contributed by atoms with E-state index in [2.05, 4.69) is 20.9 Å². The first-order valence-electron chi connectivity index (χ1n) is 10.6. The summed E-state index contributed by atoms with van der Waals surface area (Å²) in [5.41, 5.74) is 4.16. The molecule has 1 aromatic carbocycles. The van der Waals surface area contributed by atoms with Crippen molar-refractivity contribution < 1.29 is 19.2 Å². The summed E-state index contributed by atoms with van der Waals surface area (Å²) in [5, 5.41) is 8.34. The van der Waals surface area contributed by atoms with Crippen molar-refractivity contribution in [2.24, 2.45) is 0 Å². The summed E-state index contributed by atoms with van der Waals surface area (Å²) < 4.78 is 0. The van der Waals surface area contributed by atoms with Gasteiger partial charge in [0.05, 0.1) is 5.69 Å². The Hall–Kier alpha value is -3.59. The van der Waals surface area contributed by atoms with E-state index >= 15 is 0 Å². The lowest BCUT2D eigenvalue weighted by atomic mass is 10.0. The van der Waals surface area contributed by atoms with Crippen LogP contribution in [0, 0.1) is 0 Å². The Balaban J connectivity index is 1.44. The lowest BCUT2D eigenvalue weighted by molar-refractivity contribution is -0.137. The molecule has 0 radical (unpaired) electrons. The highest BCUT2D eigenvalue weighted by Crippen LogP contribution is 2.30. The van der Waals surface area contributed by atoms with Crippen molar-refractivity contribution in [3.63, 3.8) is 0 Å². The number of fused-ring (bicyclic) bond motifs is 1. The number of amides is 4. The van der Waals surface area contributed by atoms with Crippen LogP contribution in [0.1, 0.15) is 41.3 Å². The molecule has 9 heteroatoms. The van der Waals surface area contributed by atoms with E-state index in [0.717, 1.165) is 22.4 Å². The molecular formula is C23H25N5O4. The second-order valence-corrected chi connectivity index (χ2v) is 7.98. The lowest BCUT2D eigenvalue weighted by Gasteiger charge is -2.29. The highest BCUT2D eigenvalue weighted by molar-refractivity contribution is 6.05. The average molecular weight is 435 g/mol. The number of benzene rings is 1. The molecule has 1 aromatic heterocycles. The summed E-state index contributed by atoms with van der Waals surface area (Å²) >= 11 is 0. The molecule has 9 nitrogen and oxygen atoms in total. The molecule has 1 unspecified atom stereocenters. The number of pyridine rings is 1. The van der Waals surface area contributed by atoms with Crippen LogP contribution in [0.3, 0.4) is 0 Å². The van der Waals surface area contributed by atoms with Crippen LogP contribution in [-0.2, 0) is 27.5 Å². The first kappa shape index (κ1) is 21.6. The zero-order valence-corrected chi connectivity index (χ0v) is 17.8. The van der Waals surface area contributed by atoms with Gasteiger partial charge in [-0.15, -0.1) is 0 Å². The molecule has 0 spiro atoms. The van der Waals surface area contributed by atoms with Gasteiger partial charge in [-0.05, 0) is 41.8 Å². The SMILES string of the molecule is CC(=O)NCCNCc1ccnc(-c2ccc3c(c2)CN(C2CCC(=O)NC2=O)C3=O)c1. The Morgan fingerprint density at radius 1 is 1.19 bits per heavy atom. The standard InChI is InChI=1S/C23H25N5O4/c1-14(29)25-9-8-24-12-15-6-7-26-19(10-15)16-2-3-18-17(11-16)13-28(23(18)32)20-4-5-21(30)27-22(20)31/h2-3,6-7,10-11,20,24H,4-5,8-9,12-13H2,1H3,(H,25,29)(H,27,30,31). The molecule has 0 saturated carbocycles. The van der Waals surface area contributed by atoms with Crippen molar-refractivity contribution in [3.05, 3.63) is 53.2 Å². The van der Waals surface area contributed by atoms with Crippen LogP contribution in [-0.4, -0.2) is 52.6 Å². The van der Waals surface area contributed by atoms with Crippen LogP contribution in [0.4, 0.5) is 0 Å². The van der Waals surface area contributed by atoms with E-state index in [4.69, 9.17) is 0 Å². The number of nitrogens with one attached hydrogen (secondary N) is 3. The summed E-state index contributed by atoms with van der Waals surface area (Å²) in [6.45, 7) is 3.69. The third-order valence-corrected chi connectivity index (χ3v) is 5.65. The molecule has 0 aliphatic carbocycles. The molecule has 32 heavy (non-hydrogen) atoms. The van der Waals surface area contributed by atoms with Gasteiger partial charge >= 0.3 is 0 Å². The van der Waals surface area contributed by atoms with E-state index in [1.54, 1.807) is 17.2 Å². The van der Waals surface area contributed by atoms with Crippen molar-refractivity contribution in [3.8, 4) is 11.3 Å². The Bertz CT molecular complexity index is 1080. The molecule has 1 atom stereocenters. The Morgan fingerprint density at radius 2 is 2.03 bits per heavy atom. The Labute approximate surface area is 185 Å². The van der Waals surface area contributed by atoms with Crippen LogP contribution >= 0.6 is 0 Å². The topological polar surface area (TPSA) is 120 Å². The molecule has 2 aliphatic heterocycles. The molecule has 0 bridgehead atoms. The molecule has 166 valence electrons. The van der Waals surface area contributed by atoms with Gasteiger partial charge < -0.3 is 15.5 Å². The summed E-state index contributed by atoms with van der Waals surface area (Å²) in [6, 6.07) is 8.87. The average Bonchev–Trinajstić information content (AvgIpc) is 3.09. The maximum atomic E-state index is 12.8. The number of carbonyl (C=O) groups is 4. The number of nitrogens with zero attached hydrogens (tertiary/aromatic N) is 2. The number of piperidine rings is 1. The van der Waals surface area contributed by atoms with Gasteiger partial charge in [-0.1, -0.05) is 6.07 Å². The molecular weight excluding hydrogens is 410 g/mol. The minimum Gasteiger partial charge on any atom is -0.355 e. The molecule has 1 fully saturated rings. The maximum absolute atomic E-state index is 12.8. The molecule has 3 heterocycles. The molecule has 1 saturated heterocycles. The first-order valence-corrected chi connectivity index (χ1v) is 10.6. The molecule has 2 aromatic rings. The monoisotopic (exact) mass is 435 g/mol. The maximum Gasteiger partial charge on any atom is 0.255 e. The second-order valence-electron chi connectivity index (χ2n) is 7.98. The van der Waals surface area contributed by atoms with Gasteiger partial charge in [-0.3, -0.25) is 29.5 Å². The first-order chi connectivity index (χ1) is 15.4. The summed E-state index contributed by atoms with van der Waals surface area (Å²) in [5.74, 6) is -0.952. The zero-order valence-electron chi connectivity index (χ0n) is 17.8. The summed E-state index contributed by atoms with van der Waals surface area (Å²) in [7, 11) is 0. The second kappa shape index (κ2) is 9.27. The minimum absolute atomic E-state index is 0.0516. The highest BCUT2D eigenvalue weighted by Gasteiger charge is 2.39. The van der Waals surface area contributed by atoms with Crippen molar-refractivity contribution in [2.75, 3.05) is 13.1 Å². The third kappa shape index (κ3) is 4.67.